The predicted octanol–water partition coefficient (Wildman–Crippen LogP) is 5.56. The van der Waals surface area contributed by atoms with Crippen LogP contribution in [-0.2, 0) is 6.54 Å². The smallest absolute Gasteiger partial charge is 0.231 e. The average molecular weight is 335 g/mol. The second-order valence-corrected chi connectivity index (χ2v) is 6.95. The van der Waals surface area contributed by atoms with Crippen LogP contribution in [-0.4, -0.2) is 0 Å². The fourth-order valence-electron chi connectivity index (χ4n) is 3.07. The number of hydrogen-bond acceptors (Lipinski definition) is 2. The van der Waals surface area contributed by atoms with Crippen LogP contribution in [0.4, 0.5) is 10.8 Å². The number of allylic oxidation sites excluding steroid dienone is 1. The first-order chi connectivity index (χ1) is 11.6. The molecule has 0 saturated carbocycles. The Kier molecular flexibility index (Phi) is 4.81. The molecule has 24 heavy (non-hydrogen) atoms. The number of aromatic nitrogens is 1. The fourth-order valence-corrected chi connectivity index (χ4v) is 4.02. The number of anilines is 2. The zero-order chi connectivity index (χ0) is 17.1. The Morgan fingerprint density at radius 1 is 1.08 bits per heavy atom. The van der Waals surface area contributed by atoms with Gasteiger partial charge in [0.1, 0.15) is 17.9 Å². The highest BCUT2D eigenvalue weighted by molar-refractivity contribution is 7.13. The van der Waals surface area contributed by atoms with Gasteiger partial charge in [0.15, 0.2) is 0 Å². The Morgan fingerprint density at radius 2 is 1.75 bits per heavy atom. The van der Waals surface area contributed by atoms with E-state index in [9.17, 15) is 0 Å². The summed E-state index contributed by atoms with van der Waals surface area (Å²) in [6, 6.07) is 14.9. The molecule has 0 fully saturated rings. The van der Waals surface area contributed by atoms with Crippen molar-refractivity contribution in [1.82, 2.24) is 0 Å². The predicted molar refractivity (Wildman–Crippen MR) is 104 cm³/mol. The van der Waals surface area contributed by atoms with Crippen LogP contribution in [0.25, 0.3) is 11.3 Å². The average Bonchev–Trinajstić information content (AvgIpc) is 2.95. The molecule has 0 aliphatic carbocycles. The van der Waals surface area contributed by atoms with Crippen molar-refractivity contribution in [2.45, 2.75) is 27.3 Å². The summed E-state index contributed by atoms with van der Waals surface area (Å²) in [6.07, 6.45) is 1.94. The summed E-state index contributed by atoms with van der Waals surface area (Å²) in [6.45, 7) is 11.2. The van der Waals surface area contributed by atoms with Crippen LogP contribution in [0.1, 0.15) is 16.7 Å². The molecule has 3 heteroatoms. The third kappa shape index (κ3) is 3.26. The number of nitrogens with one attached hydrogen (secondary N) is 1. The third-order valence-electron chi connectivity index (χ3n) is 4.11. The molecule has 0 spiro atoms. The van der Waals surface area contributed by atoms with E-state index in [1.807, 2.05) is 12.1 Å². The summed E-state index contributed by atoms with van der Waals surface area (Å²) in [5, 5.41) is 6.98. The van der Waals surface area contributed by atoms with Crippen molar-refractivity contribution in [3.8, 4) is 11.3 Å². The zero-order valence-corrected chi connectivity index (χ0v) is 15.3. The molecule has 0 saturated heterocycles. The number of nitrogens with zero attached hydrogens (tertiary/aromatic N) is 1. The minimum atomic E-state index is 0.778. The summed E-state index contributed by atoms with van der Waals surface area (Å²) >= 11 is 1.73. The summed E-state index contributed by atoms with van der Waals surface area (Å²) in [4.78, 5) is 0. The molecule has 3 aromatic rings. The van der Waals surface area contributed by atoms with E-state index in [0.29, 0.717) is 0 Å². The number of thiazole rings is 1. The van der Waals surface area contributed by atoms with Gasteiger partial charge in [0.05, 0.1) is 0 Å². The van der Waals surface area contributed by atoms with E-state index in [0.717, 1.165) is 11.7 Å². The first-order valence-corrected chi connectivity index (χ1v) is 9.00. The Labute approximate surface area is 148 Å². The standard InChI is InChI=1S/C21H22N2S/c1-5-11-23-19(18-9-7-6-8-10-18)14-24-21(23)22-20-16(3)12-15(2)13-17(20)4/h5-10,12-14H,1,11H2,2-4H3/p+1. The van der Waals surface area contributed by atoms with Crippen molar-refractivity contribution in [2.24, 2.45) is 0 Å². The summed E-state index contributed by atoms with van der Waals surface area (Å²) < 4.78 is 2.28. The Hall–Kier alpha value is -2.39. The second kappa shape index (κ2) is 7.02. The van der Waals surface area contributed by atoms with E-state index in [1.165, 1.54) is 33.6 Å². The molecule has 0 aliphatic heterocycles. The quantitative estimate of drug-likeness (QED) is 0.477. The maximum absolute atomic E-state index is 3.92. The van der Waals surface area contributed by atoms with Gasteiger partial charge in [0, 0.05) is 10.9 Å². The lowest BCUT2D eigenvalue weighted by molar-refractivity contribution is -0.657. The van der Waals surface area contributed by atoms with Gasteiger partial charge in [0.25, 0.3) is 0 Å². The van der Waals surface area contributed by atoms with Gasteiger partial charge in [-0.2, -0.15) is 0 Å². The van der Waals surface area contributed by atoms with Gasteiger partial charge < -0.3 is 0 Å². The monoisotopic (exact) mass is 335 g/mol. The van der Waals surface area contributed by atoms with Crippen LogP contribution in [0.5, 0.6) is 0 Å². The molecule has 2 aromatic carbocycles. The molecule has 2 nitrogen and oxygen atoms in total. The van der Waals surface area contributed by atoms with Crippen LogP contribution in [0.15, 0.2) is 60.5 Å². The van der Waals surface area contributed by atoms with Crippen LogP contribution < -0.4 is 9.88 Å². The van der Waals surface area contributed by atoms with Gasteiger partial charge in [-0.1, -0.05) is 72.0 Å². The number of benzene rings is 2. The van der Waals surface area contributed by atoms with E-state index in [-0.39, 0.29) is 0 Å². The SMILES string of the molecule is C=CC[n+]1c(-c2ccccc2)csc1Nc1c(C)cc(C)cc1C. The molecule has 1 heterocycles. The van der Waals surface area contributed by atoms with Crippen molar-refractivity contribution in [3.63, 3.8) is 0 Å². The Bertz CT molecular complexity index is 840. The second-order valence-electron chi connectivity index (χ2n) is 6.09. The highest BCUT2D eigenvalue weighted by Crippen LogP contribution is 2.29. The molecular formula is C21H23N2S+. The first-order valence-electron chi connectivity index (χ1n) is 8.12. The molecule has 0 radical (unpaired) electrons. The summed E-state index contributed by atoms with van der Waals surface area (Å²) in [7, 11) is 0. The van der Waals surface area contributed by atoms with Crippen molar-refractivity contribution >= 4 is 22.2 Å². The van der Waals surface area contributed by atoms with Crippen LogP contribution in [0, 0.1) is 20.8 Å². The Balaban J connectivity index is 2.03. The molecule has 0 atom stereocenters. The van der Waals surface area contributed by atoms with Crippen LogP contribution >= 0.6 is 11.3 Å². The minimum absolute atomic E-state index is 0.778. The minimum Gasteiger partial charge on any atom is -0.231 e. The van der Waals surface area contributed by atoms with Gasteiger partial charge in [-0.05, 0) is 31.9 Å². The van der Waals surface area contributed by atoms with Gasteiger partial charge >= 0.3 is 5.13 Å². The van der Waals surface area contributed by atoms with Crippen molar-refractivity contribution in [2.75, 3.05) is 5.32 Å². The maximum atomic E-state index is 3.92. The lowest BCUT2D eigenvalue weighted by Crippen LogP contribution is -2.35. The maximum Gasteiger partial charge on any atom is 0.339 e. The Morgan fingerprint density at radius 3 is 2.38 bits per heavy atom. The highest BCUT2D eigenvalue weighted by Gasteiger charge is 2.20. The van der Waals surface area contributed by atoms with Gasteiger partial charge in [-0.3, -0.25) is 0 Å². The lowest BCUT2D eigenvalue weighted by Gasteiger charge is -2.09. The molecule has 0 bridgehead atoms. The van der Waals surface area contributed by atoms with E-state index >= 15 is 0 Å². The largest absolute Gasteiger partial charge is 0.339 e. The van der Waals surface area contributed by atoms with Crippen LogP contribution in [0.2, 0.25) is 0 Å². The van der Waals surface area contributed by atoms with E-state index in [2.05, 4.69) is 79.0 Å². The third-order valence-corrected chi connectivity index (χ3v) is 5.00. The van der Waals surface area contributed by atoms with Gasteiger partial charge in [-0.25, -0.2) is 9.88 Å². The molecule has 122 valence electrons. The van der Waals surface area contributed by atoms with Gasteiger partial charge in [0.2, 0.25) is 0 Å². The molecule has 0 unspecified atom stereocenters. The molecule has 0 aliphatic rings. The van der Waals surface area contributed by atoms with Crippen molar-refractivity contribution in [3.05, 3.63) is 77.2 Å². The summed E-state index contributed by atoms with van der Waals surface area (Å²) in [5.74, 6) is 0. The molecule has 1 aromatic heterocycles. The highest BCUT2D eigenvalue weighted by atomic mass is 32.1. The van der Waals surface area contributed by atoms with Crippen LogP contribution in [0.3, 0.4) is 0 Å². The van der Waals surface area contributed by atoms with E-state index in [1.54, 1.807) is 11.3 Å². The lowest BCUT2D eigenvalue weighted by atomic mass is 10.1. The zero-order valence-electron chi connectivity index (χ0n) is 14.5. The normalized spacial score (nSPS) is 10.6. The van der Waals surface area contributed by atoms with Gasteiger partial charge in [-0.15, -0.1) is 0 Å². The fraction of sp³-hybridized carbons (Fsp3) is 0.190. The van der Waals surface area contributed by atoms with E-state index < -0.39 is 0 Å². The summed E-state index contributed by atoms with van der Waals surface area (Å²) in [5.41, 5.74) is 7.47. The topological polar surface area (TPSA) is 15.9 Å². The molecule has 0 amide bonds. The van der Waals surface area contributed by atoms with Crippen molar-refractivity contribution in [1.29, 1.82) is 0 Å². The van der Waals surface area contributed by atoms with E-state index in [4.69, 9.17) is 0 Å². The molecule has 1 N–H and O–H groups in total. The molecule has 3 rings (SSSR count). The first kappa shape index (κ1) is 16.5. The number of aryl methyl sites for hydroxylation is 3. The number of hydrogen-bond donors (Lipinski definition) is 1. The number of rotatable bonds is 5. The van der Waals surface area contributed by atoms with Crippen molar-refractivity contribution < 1.29 is 4.57 Å². The molecular weight excluding hydrogens is 312 g/mol.